The first kappa shape index (κ1) is 27.3. The van der Waals surface area contributed by atoms with Gasteiger partial charge >= 0.3 is 10.2 Å². The zero-order valence-corrected chi connectivity index (χ0v) is 22.3. The van der Waals surface area contributed by atoms with Crippen LogP contribution in [0.1, 0.15) is 17.5 Å². The van der Waals surface area contributed by atoms with Crippen molar-refractivity contribution >= 4 is 38.2 Å². The van der Waals surface area contributed by atoms with E-state index in [1.165, 1.54) is 17.0 Å². The van der Waals surface area contributed by atoms with Crippen LogP contribution < -0.4 is 15.6 Å². The summed E-state index contributed by atoms with van der Waals surface area (Å²) in [6.07, 6.45) is 0.402. The molecule has 0 aliphatic carbocycles. The highest BCUT2D eigenvalue weighted by Gasteiger charge is 2.32. The lowest BCUT2D eigenvalue weighted by Gasteiger charge is -2.18. The van der Waals surface area contributed by atoms with Crippen LogP contribution in [0, 0.1) is 11.3 Å². The lowest BCUT2D eigenvalue weighted by atomic mass is 10.1. The molecule has 0 spiro atoms. The number of alkyl halides is 1. The van der Waals surface area contributed by atoms with Crippen molar-refractivity contribution in [3.05, 3.63) is 94.5 Å². The molecule has 1 saturated heterocycles. The number of rotatable bonds is 10. The fourth-order valence-electron chi connectivity index (χ4n) is 4.45. The Kier molecular flexibility index (Phi) is 8.06. The second-order valence-corrected chi connectivity index (χ2v) is 11.0. The van der Waals surface area contributed by atoms with Crippen LogP contribution >= 0.6 is 0 Å². The van der Waals surface area contributed by atoms with Crippen LogP contribution in [-0.2, 0) is 28.1 Å². The monoisotopic (exact) mass is 562 g/mol. The molecule has 0 amide bonds. The summed E-state index contributed by atoms with van der Waals surface area (Å²) < 4.78 is 49.6. The molecule has 1 atom stereocenters. The Morgan fingerprint density at radius 2 is 1.90 bits per heavy atom. The lowest BCUT2D eigenvalue weighted by Crippen LogP contribution is -2.34. The number of anilines is 3. The summed E-state index contributed by atoms with van der Waals surface area (Å²) in [4.78, 5) is 17.5. The van der Waals surface area contributed by atoms with Crippen molar-refractivity contribution in [2.24, 2.45) is 0 Å². The Bertz CT molecular complexity index is 1720. The number of hydrogen-bond acceptors (Lipinski definition) is 7. The molecule has 2 heterocycles. The molecule has 40 heavy (non-hydrogen) atoms. The number of halogens is 1. The quantitative estimate of drug-likeness (QED) is 0.280. The molecule has 5 rings (SSSR count). The van der Waals surface area contributed by atoms with Gasteiger partial charge in [0.1, 0.15) is 12.2 Å². The predicted molar refractivity (Wildman–Crippen MR) is 150 cm³/mol. The van der Waals surface area contributed by atoms with Crippen LogP contribution in [0.3, 0.4) is 0 Å². The van der Waals surface area contributed by atoms with Crippen molar-refractivity contribution < 1.29 is 17.5 Å². The van der Waals surface area contributed by atoms with Crippen LogP contribution in [-0.4, -0.2) is 48.1 Å². The minimum Gasteiger partial charge on any atom is -0.375 e. The maximum absolute atomic E-state index is 13.6. The van der Waals surface area contributed by atoms with Gasteiger partial charge in [0.15, 0.2) is 0 Å². The van der Waals surface area contributed by atoms with Gasteiger partial charge in [0.25, 0.3) is 5.56 Å². The van der Waals surface area contributed by atoms with E-state index in [0.717, 1.165) is 9.87 Å². The van der Waals surface area contributed by atoms with Gasteiger partial charge in [0.05, 0.1) is 53.9 Å². The number of ether oxygens (including phenoxy) is 1. The molecule has 1 aromatic heterocycles. The summed E-state index contributed by atoms with van der Waals surface area (Å²) in [5, 5.41) is 13.3. The zero-order chi connectivity index (χ0) is 28.1. The smallest absolute Gasteiger partial charge is 0.301 e. The van der Waals surface area contributed by atoms with Crippen LogP contribution in [0.2, 0.25) is 0 Å². The van der Waals surface area contributed by atoms with Gasteiger partial charge in [-0.15, -0.1) is 0 Å². The summed E-state index contributed by atoms with van der Waals surface area (Å²) in [5.41, 5.74) is 2.29. The Morgan fingerprint density at radius 1 is 1.10 bits per heavy atom. The number of hydrogen-bond donors (Lipinski definition) is 2. The number of fused-ring (bicyclic) bond motifs is 1. The SMILES string of the molecule is N#Cc1c(Nc2ccc3ncn(CCOCc4ccccc4)c(=O)c3c2)cccc1NS(=O)(=O)N1CCC(F)C1. The van der Waals surface area contributed by atoms with Crippen molar-refractivity contribution in [3.8, 4) is 6.07 Å². The fraction of sp³-hybridized carbons (Fsp3) is 0.250. The third-order valence-electron chi connectivity index (χ3n) is 6.54. The Morgan fingerprint density at radius 3 is 2.65 bits per heavy atom. The van der Waals surface area contributed by atoms with Crippen LogP contribution in [0.15, 0.2) is 77.9 Å². The number of nitrogens with one attached hydrogen (secondary N) is 2. The molecule has 10 nitrogen and oxygen atoms in total. The fourth-order valence-corrected chi connectivity index (χ4v) is 5.73. The molecule has 0 radical (unpaired) electrons. The van der Waals surface area contributed by atoms with Crippen molar-refractivity contribution in [1.29, 1.82) is 5.26 Å². The molecule has 2 N–H and O–H groups in total. The Balaban J connectivity index is 1.32. The normalized spacial score (nSPS) is 15.7. The van der Waals surface area contributed by atoms with E-state index in [2.05, 4.69) is 15.0 Å². The molecule has 1 aliphatic heterocycles. The number of nitrogens with zero attached hydrogens (tertiary/aromatic N) is 4. The summed E-state index contributed by atoms with van der Waals surface area (Å²) in [5.74, 6) is 0. The number of benzene rings is 3. The van der Waals surface area contributed by atoms with E-state index in [4.69, 9.17) is 4.74 Å². The van der Waals surface area contributed by atoms with Crippen molar-refractivity contribution in [3.63, 3.8) is 0 Å². The highest BCUT2D eigenvalue weighted by molar-refractivity contribution is 7.90. The molecule has 0 bridgehead atoms. The molecule has 12 heteroatoms. The van der Waals surface area contributed by atoms with E-state index in [-0.39, 0.29) is 36.3 Å². The van der Waals surface area contributed by atoms with Gasteiger partial charge in [-0.05, 0) is 42.3 Å². The van der Waals surface area contributed by atoms with E-state index >= 15 is 0 Å². The summed E-state index contributed by atoms with van der Waals surface area (Å²) >= 11 is 0. The highest BCUT2D eigenvalue weighted by atomic mass is 32.2. The minimum absolute atomic E-state index is 0.0568. The van der Waals surface area contributed by atoms with Crippen molar-refractivity contribution in [2.45, 2.75) is 25.7 Å². The van der Waals surface area contributed by atoms with E-state index < -0.39 is 16.4 Å². The second kappa shape index (κ2) is 11.8. The van der Waals surface area contributed by atoms with E-state index in [1.807, 2.05) is 36.4 Å². The highest BCUT2D eigenvalue weighted by Crippen LogP contribution is 2.29. The van der Waals surface area contributed by atoms with Crippen molar-refractivity contribution in [1.82, 2.24) is 13.9 Å². The van der Waals surface area contributed by atoms with E-state index in [1.54, 1.807) is 30.3 Å². The molecule has 1 fully saturated rings. The molecular formula is C28H27FN6O4S. The largest absolute Gasteiger partial charge is 0.375 e. The van der Waals surface area contributed by atoms with Crippen LogP contribution in [0.5, 0.6) is 0 Å². The maximum Gasteiger partial charge on any atom is 0.301 e. The van der Waals surface area contributed by atoms with Crippen LogP contribution in [0.4, 0.5) is 21.5 Å². The first-order chi connectivity index (χ1) is 19.3. The minimum atomic E-state index is -4.03. The van der Waals surface area contributed by atoms with Gasteiger partial charge in [-0.25, -0.2) is 9.37 Å². The van der Waals surface area contributed by atoms with Gasteiger partial charge in [-0.3, -0.25) is 14.1 Å². The molecule has 3 aromatic carbocycles. The number of aromatic nitrogens is 2. The predicted octanol–water partition coefficient (Wildman–Crippen LogP) is 3.93. The molecule has 4 aromatic rings. The molecular weight excluding hydrogens is 535 g/mol. The standard InChI is InChI=1S/C28H27FN6O4S/c29-21-11-12-35(17-21)40(37,38)33-27-8-4-7-26(24(27)16-30)32-22-9-10-25-23(15-22)28(36)34(19-31-25)13-14-39-18-20-5-2-1-3-6-20/h1-10,15,19,21,32-33H,11-14,17-18H2. The van der Waals surface area contributed by atoms with Crippen LogP contribution in [0.25, 0.3) is 10.9 Å². The number of nitriles is 1. The third-order valence-corrected chi connectivity index (χ3v) is 8.03. The molecule has 1 unspecified atom stereocenters. The third kappa shape index (κ3) is 6.12. The second-order valence-electron chi connectivity index (χ2n) is 9.33. The molecule has 206 valence electrons. The summed E-state index contributed by atoms with van der Waals surface area (Å²) in [6.45, 7) is 0.940. The molecule has 1 aliphatic rings. The maximum atomic E-state index is 13.6. The topological polar surface area (TPSA) is 129 Å². The zero-order valence-electron chi connectivity index (χ0n) is 21.5. The van der Waals surface area contributed by atoms with Gasteiger partial charge in [-0.1, -0.05) is 36.4 Å². The summed E-state index contributed by atoms with van der Waals surface area (Å²) in [7, 11) is -4.03. The summed E-state index contributed by atoms with van der Waals surface area (Å²) in [6, 6.07) is 21.5. The first-order valence-corrected chi connectivity index (χ1v) is 14.1. The Labute approximate surface area is 230 Å². The first-order valence-electron chi connectivity index (χ1n) is 12.7. The van der Waals surface area contributed by atoms with Gasteiger partial charge < -0.3 is 10.1 Å². The van der Waals surface area contributed by atoms with Gasteiger partial charge in [-0.2, -0.15) is 18.0 Å². The lowest BCUT2D eigenvalue weighted by molar-refractivity contribution is 0.112. The molecule has 0 saturated carbocycles. The average molecular weight is 563 g/mol. The average Bonchev–Trinajstić information content (AvgIpc) is 3.40. The van der Waals surface area contributed by atoms with Gasteiger partial charge in [0.2, 0.25) is 0 Å². The van der Waals surface area contributed by atoms with Crippen molar-refractivity contribution in [2.75, 3.05) is 29.7 Å². The Hall–Kier alpha value is -4.31. The van der Waals surface area contributed by atoms with Gasteiger partial charge in [0, 0.05) is 18.8 Å². The van der Waals surface area contributed by atoms with E-state index in [9.17, 15) is 22.9 Å². The van der Waals surface area contributed by atoms with E-state index in [0.29, 0.717) is 42.0 Å².